The average molecular weight is 549 g/mol. The lowest BCUT2D eigenvalue weighted by atomic mass is 9.90. The van der Waals surface area contributed by atoms with E-state index in [1.54, 1.807) is 11.3 Å². The normalized spacial score (nSPS) is 12.4. The Balaban J connectivity index is 1.15. The SMILES string of the molecule is c1ccc(-c2ccc(-c3ccc4c(c3)Oc3ccc5c6c(ccc-4c36)Oc3cc(-c4ccccc4)sc3-5)s2)cc1. The summed E-state index contributed by atoms with van der Waals surface area (Å²) in [7, 11) is 0. The molecule has 188 valence electrons. The van der Waals surface area contributed by atoms with Crippen molar-refractivity contribution in [1.82, 2.24) is 0 Å². The van der Waals surface area contributed by atoms with E-state index < -0.39 is 0 Å². The van der Waals surface area contributed by atoms with E-state index in [-0.39, 0.29) is 0 Å². The van der Waals surface area contributed by atoms with Crippen LogP contribution in [0.15, 0.2) is 121 Å². The van der Waals surface area contributed by atoms with Gasteiger partial charge in [-0.3, -0.25) is 0 Å². The van der Waals surface area contributed by atoms with Gasteiger partial charge in [0.2, 0.25) is 0 Å². The maximum Gasteiger partial charge on any atom is 0.146 e. The maximum atomic E-state index is 6.60. The van der Waals surface area contributed by atoms with Crippen molar-refractivity contribution >= 4 is 33.4 Å². The average Bonchev–Trinajstić information content (AvgIpc) is 3.68. The van der Waals surface area contributed by atoms with Crippen molar-refractivity contribution in [3.05, 3.63) is 121 Å². The molecule has 2 nitrogen and oxygen atoms in total. The van der Waals surface area contributed by atoms with Gasteiger partial charge < -0.3 is 9.47 Å². The zero-order valence-electron chi connectivity index (χ0n) is 21.2. The second-order valence-electron chi connectivity index (χ2n) is 10.1. The third kappa shape index (κ3) is 3.27. The van der Waals surface area contributed by atoms with Crippen LogP contribution in [0.2, 0.25) is 0 Å². The van der Waals surface area contributed by atoms with E-state index in [0.29, 0.717) is 0 Å². The summed E-state index contributed by atoms with van der Waals surface area (Å²) < 4.78 is 13.1. The van der Waals surface area contributed by atoms with Crippen molar-refractivity contribution in [2.24, 2.45) is 0 Å². The molecule has 5 aromatic carbocycles. The topological polar surface area (TPSA) is 18.5 Å². The lowest BCUT2D eigenvalue weighted by molar-refractivity contribution is 0.481. The quantitative estimate of drug-likeness (QED) is 0.219. The van der Waals surface area contributed by atoms with Crippen LogP contribution in [0, 0.1) is 0 Å². The van der Waals surface area contributed by atoms with Crippen molar-refractivity contribution in [3.63, 3.8) is 0 Å². The largest absolute Gasteiger partial charge is 0.456 e. The van der Waals surface area contributed by atoms with Gasteiger partial charge in [-0.15, -0.1) is 22.7 Å². The Morgan fingerprint density at radius 2 is 0.975 bits per heavy atom. The Hall–Kier alpha value is -4.64. The molecule has 0 spiro atoms. The second kappa shape index (κ2) is 8.43. The van der Waals surface area contributed by atoms with Gasteiger partial charge in [0.1, 0.15) is 23.0 Å². The Morgan fingerprint density at radius 3 is 1.73 bits per heavy atom. The van der Waals surface area contributed by atoms with Crippen molar-refractivity contribution in [3.8, 4) is 75.9 Å². The Morgan fingerprint density at radius 1 is 0.375 bits per heavy atom. The lowest BCUT2D eigenvalue weighted by Gasteiger charge is -2.26. The standard InChI is InChI=1S/C36H20O2S2/c1-3-7-21(8-4-1)31-17-18-32(39-31)23-11-12-24-25-13-15-28-35-26(14-16-27(34(25)35)37-29(24)19-23)36-30(38-28)20-33(40-36)22-9-5-2-6-10-22/h1-20H. The van der Waals surface area contributed by atoms with Crippen molar-refractivity contribution in [1.29, 1.82) is 0 Å². The highest BCUT2D eigenvalue weighted by atomic mass is 32.1. The molecule has 0 atom stereocenters. The second-order valence-corrected chi connectivity index (χ2v) is 12.2. The summed E-state index contributed by atoms with van der Waals surface area (Å²) in [5.41, 5.74) is 7.13. The molecule has 4 heteroatoms. The summed E-state index contributed by atoms with van der Waals surface area (Å²) >= 11 is 3.59. The van der Waals surface area contributed by atoms with Crippen LogP contribution in [0.1, 0.15) is 0 Å². The molecule has 40 heavy (non-hydrogen) atoms. The minimum atomic E-state index is 0.878. The minimum Gasteiger partial charge on any atom is -0.456 e. The molecule has 7 aromatic rings. The van der Waals surface area contributed by atoms with E-state index >= 15 is 0 Å². The molecular formula is C36H20O2S2. The molecule has 0 fully saturated rings. The fourth-order valence-corrected chi connectivity index (χ4v) is 8.00. The molecule has 0 bridgehead atoms. The summed E-state index contributed by atoms with van der Waals surface area (Å²) in [4.78, 5) is 4.88. The van der Waals surface area contributed by atoms with Gasteiger partial charge in [0.05, 0.1) is 4.88 Å². The summed E-state index contributed by atoms with van der Waals surface area (Å²) in [5.74, 6) is 3.58. The van der Waals surface area contributed by atoms with Gasteiger partial charge in [-0.1, -0.05) is 66.7 Å². The van der Waals surface area contributed by atoms with E-state index in [2.05, 4.69) is 121 Å². The number of rotatable bonds is 3. The number of benzene rings is 5. The Labute approximate surface area is 239 Å². The number of hydrogen-bond acceptors (Lipinski definition) is 4. The summed E-state index contributed by atoms with van der Waals surface area (Å²) in [6, 6.07) is 42.8. The van der Waals surface area contributed by atoms with Crippen LogP contribution in [0.3, 0.4) is 0 Å². The van der Waals surface area contributed by atoms with Crippen LogP contribution in [-0.2, 0) is 0 Å². The van der Waals surface area contributed by atoms with Gasteiger partial charge in [-0.05, 0) is 70.8 Å². The summed E-state index contributed by atoms with van der Waals surface area (Å²) in [6.07, 6.45) is 0. The molecule has 0 radical (unpaired) electrons. The van der Waals surface area contributed by atoms with E-state index in [4.69, 9.17) is 9.47 Å². The van der Waals surface area contributed by atoms with Gasteiger partial charge in [0, 0.05) is 42.6 Å². The van der Waals surface area contributed by atoms with Gasteiger partial charge in [-0.25, -0.2) is 0 Å². The van der Waals surface area contributed by atoms with E-state index in [1.807, 2.05) is 11.3 Å². The first-order chi connectivity index (χ1) is 19.8. The van der Waals surface area contributed by atoms with E-state index in [1.165, 1.54) is 47.3 Å². The van der Waals surface area contributed by atoms with Crippen molar-refractivity contribution < 1.29 is 9.47 Å². The smallest absolute Gasteiger partial charge is 0.146 e. The summed E-state index contributed by atoms with van der Waals surface area (Å²) in [5, 5.41) is 2.25. The molecule has 0 saturated carbocycles. The Bertz CT molecular complexity index is 2100. The first kappa shape index (κ1) is 22.2. The van der Waals surface area contributed by atoms with Gasteiger partial charge >= 0.3 is 0 Å². The number of fused-ring (bicyclic) bond motifs is 4. The van der Waals surface area contributed by atoms with Gasteiger partial charge in [0.25, 0.3) is 0 Å². The molecule has 2 aliphatic heterocycles. The fraction of sp³-hybridized carbons (Fsp3) is 0. The van der Waals surface area contributed by atoms with Crippen LogP contribution in [0.5, 0.6) is 23.0 Å². The molecule has 0 amide bonds. The van der Waals surface area contributed by atoms with E-state index in [0.717, 1.165) is 39.3 Å². The van der Waals surface area contributed by atoms with Crippen LogP contribution in [-0.4, -0.2) is 0 Å². The van der Waals surface area contributed by atoms with Gasteiger partial charge in [0.15, 0.2) is 0 Å². The number of thiophene rings is 2. The predicted molar refractivity (Wildman–Crippen MR) is 167 cm³/mol. The zero-order chi connectivity index (χ0) is 26.2. The van der Waals surface area contributed by atoms with E-state index in [9.17, 15) is 0 Å². The first-order valence-electron chi connectivity index (χ1n) is 13.3. The monoisotopic (exact) mass is 548 g/mol. The minimum absolute atomic E-state index is 0.878. The van der Waals surface area contributed by atoms with Crippen LogP contribution < -0.4 is 9.47 Å². The summed E-state index contributed by atoms with van der Waals surface area (Å²) in [6.45, 7) is 0. The lowest BCUT2D eigenvalue weighted by Crippen LogP contribution is -2.01. The molecule has 2 aliphatic rings. The van der Waals surface area contributed by atoms with Crippen molar-refractivity contribution in [2.75, 3.05) is 0 Å². The third-order valence-corrected chi connectivity index (χ3v) is 10.1. The van der Waals surface area contributed by atoms with Crippen LogP contribution in [0.25, 0.3) is 63.7 Å². The van der Waals surface area contributed by atoms with Crippen LogP contribution in [0.4, 0.5) is 0 Å². The molecule has 0 unspecified atom stereocenters. The van der Waals surface area contributed by atoms with Crippen LogP contribution >= 0.6 is 22.7 Å². The fourth-order valence-electron chi connectivity index (χ4n) is 5.87. The molecule has 0 N–H and O–H groups in total. The molecule has 0 aliphatic carbocycles. The van der Waals surface area contributed by atoms with Gasteiger partial charge in [-0.2, -0.15) is 0 Å². The number of hydrogen-bond donors (Lipinski definition) is 0. The molecule has 9 rings (SSSR count). The molecule has 4 heterocycles. The molecule has 0 saturated heterocycles. The maximum absolute atomic E-state index is 6.60. The molecule has 2 aromatic heterocycles. The highest BCUT2D eigenvalue weighted by molar-refractivity contribution is 7.19. The third-order valence-electron chi connectivity index (χ3n) is 7.75. The number of ether oxygens (including phenoxy) is 2. The molecular weight excluding hydrogens is 529 g/mol. The highest BCUT2D eigenvalue weighted by Gasteiger charge is 2.29. The van der Waals surface area contributed by atoms with Crippen molar-refractivity contribution in [2.45, 2.75) is 0 Å². The first-order valence-corrected chi connectivity index (χ1v) is 14.9. The zero-order valence-corrected chi connectivity index (χ0v) is 22.8. The Kier molecular flexibility index (Phi) is 4.68. The highest BCUT2D eigenvalue weighted by Crippen LogP contribution is 2.57. The predicted octanol–water partition coefficient (Wildman–Crippen LogP) is 11.5.